The van der Waals surface area contributed by atoms with Crippen LogP contribution in [-0.4, -0.2) is 42.7 Å². The normalized spacial score (nSPS) is 11.7. The molecule has 27 heavy (non-hydrogen) atoms. The van der Waals surface area contributed by atoms with Crippen molar-refractivity contribution in [2.24, 2.45) is 12.0 Å². The molecule has 1 aromatic carbocycles. The van der Waals surface area contributed by atoms with Crippen molar-refractivity contribution < 1.29 is 17.9 Å². The maximum Gasteiger partial charge on any atom is 0.416 e. The monoisotopic (exact) mass is 496 g/mol. The van der Waals surface area contributed by atoms with E-state index in [9.17, 15) is 13.2 Å². The van der Waals surface area contributed by atoms with Gasteiger partial charge in [0.1, 0.15) is 12.4 Å². The first-order valence-corrected chi connectivity index (χ1v) is 8.13. The van der Waals surface area contributed by atoms with Crippen molar-refractivity contribution in [1.29, 1.82) is 0 Å². The van der Waals surface area contributed by atoms with E-state index >= 15 is 0 Å². The molecule has 1 N–H and O–H groups in total. The summed E-state index contributed by atoms with van der Waals surface area (Å²) in [6.07, 6.45) is -2.35. The fourth-order valence-corrected chi connectivity index (χ4v) is 2.44. The van der Waals surface area contributed by atoms with E-state index in [2.05, 4.69) is 10.3 Å². The molecule has 150 valence electrons. The number of rotatable bonds is 6. The van der Waals surface area contributed by atoms with Crippen LogP contribution in [0.1, 0.15) is 11.3 Å². The Hall–Kier alpha value is -1.91. The second-order valence-electron chi connectivity index (χ2n) is 5.81. The van der Waals surface area contributed by atoms with Gasteiger partial charge in [-0.25, -0.2) is 0 Å². The lowest BCUT2D eigenvalue weighted by atomic mass is 10.2. The summed E-state index contributed by atoms with van der Waals surface area (Å²) < 4.78 is 45.1. The predicted octanol–water partition coefficient (Wildman–Crippen LogP) is 3.75. The molecule has 0 spiro atoms. The zero-order valence-corrected chi connectivity index (χ0v) is 17.8. The van der Waals surface area contributed by atoms with Crippen LogP contribution in [0, 0.1) is 0 Å². The third kappa shape index (κ3) is 6.96. The van der Waals surface area contributed by atoms with Crippen LogP contribution in [0.4, 0.5) is 13.2 Å². The third-order valence-electron chi connectivity index (χ3n) is 3.86. The van der Waals surface area contributed by atoms with Crippen molar-refractivity contribution in [2.45, 2.75) is 12.7 Å². The number of nitrogens with one attached hydrogen (secondary N) is 1. The molecule has 2 rings (SSSR count). The number of benzene rings is 1. The lowest BCUT2D eigenvalue weighted by Gasteiger charge is -2.22. The fraction of sp³-hybridized carbons (Fsp3) is 0.389. The molecule has 1 aromatic heterocycles. The first-order valence-electron chi connectivity index (χ1n) is 8.13. The molecule has 0 bridgehead atoms. The van der Waals surface area contributed by atoms with Crippen molar-refractivity contribution in [2.75, 3.05) is 27.2 Å². The molecule has 0 fully saturated rings. The molecule has 0 aliphatic carbocycles. The largest absolute Gasteiger partial charge is 0.492 e. The molecular weight excluding hydrogens is 472 g/mol. The molecule has 1 heterocycles. The van der Waals surface area contributed by atoms with Gasteiger partial charge in [-0.2, -0.15) is 13.2 Å². The van der Waals surface area contributed by atoms with Crippen molar-refractivity contribution in [3.63, 3.8) is 0 Å². The van der Waals surface area contributed by atoms with E-state index in [1.165, 1.54) is 12.1 Å². The summed E-state index contributed by atoms with van der Waals surface area (Å²) in [4.78, 5) is 6.20. The van der Waals surface area contributed by atoms with E-state index in [4.69, 9.17) is 4.74 Å². The number of hydrogen-bond donors (Lipinski definition) is 1. The zero-order valence-electron chi connectivity index (χ0n) is 15.5. The summed E-state index contributed by atoms with van der Waals surface area (Å²) in [5.41, 5.74) is 0.460. The summed E-state index contributed by atoms with van der Waals surface area (Å²) >= 11 is 0. The van der Waals surface area contributed by atoms with Gasteiger partial charge in [0, 0.05) is 33.0 Å². The maximum atomic E-state index is 12.5. The van der Waals surface area contributed by atoms with Gasteiger partial charge in [-0.05, 0) is 36.4 Å². The first-order chi connectivity index (χ1) is 12.3. The zero-order chi connectivity index (χ0) is 19.2. The Morgan fingerprint density at radius 3 is 2.41 bits per heavy atom. The highest BCUT2D eigenvalue weighted by Crippen LogP contribution is 2.30. The third-order valence-corrected chi connectivity index (χ3v) is 3.86. The van der Waals surface area contributed by atoms with Crippen LogP contribution in [0.5, 0.6) is 5.75 Å². The van der Waals surface area contributed by atoms with E-state index in [1.807, 2.05) is 41.9 Å². The van der Waals surface area contributed by atoms with Gasteiger partial charge < -0.3 is 19.5 Å². The molecule has 9 heteroatoms. The Kier molecular flexibility index (Phi) is 8.94. The van der Waals surface area contributed by atoms with Gasteiger partial charge in [-0.15, -0.1) is 24.0 Å². The predicted molar refractivity (Wildman–Crippen MR) is 111 cm³/mol. The molecule has 0 saturated heterocycles. The number of guanidine groups is 1. The number of halogens is 4. The van der Waals surface area contributed by atoms with Gasteiger partial charge in [0.2, 0.25) is 0 Å². The van der Waals surface area contributed by atoms with Crippen molar-refractivity contribution in [3.8, 4) is 5.75 Å². The highest BCUT2D eigenvalue weighted by atomic mass is 127. The SMILES string of the molecule is CN=C(NCCOc1ccc(C(F)(F)F)cc1)N(C)Cc1cccn1C.I. The van der Waals surface area contributed by atoms with Crippen LogP contribution in [0.3, 0.4) is 0 Å². The van der Waals surface area contributed by atoms with Crippen LogP contribution in [0.25, 0.3) is 0 Å². The Balaban J connectivity index is 0.00000364. The van der Waals surface area contributed by atoms with E-state index in [-0.39, 0.29) is 24.0 Å². The van der Waals surface area contributed by atoms with Gasteiger partial charge in [-0.1, -0.05) is 0 Å². The molecule has 0 aliphatic heterocycles. The Labute approximate surface area is 174 Å². The molecule has 0 saturated carbocycles. The lowest BCUT2D eigenvalue weighted by Crippen LogP contribution is -2.40. The van der Waals surface area contributed by atoms with Gasteiger partial charge in [0.05, 0.1) is 18.7 Å². The van der Waals surface area contributed by atoms with Crippen molar-refractivity contribution >= 4 is 29.9 Å². The van der Waals surface area contributed by atoms with Gasteiger partial charge in [0.25, 0.3) is 0 Å². The van der Waals surface area contributed by atoms with Crippen molar-refractivity contribution in [3.05, 3.63) is 53.9 Å². The van der Waals surface area contributed by atoms with Gasteiger partial charge in [-0.3, -0.25) is 4.99 Å². The van der Waals surface area contributed by atoms with Gasteiger partial charge >= 0.3 is 6.18 Å². The van der Waals surface area contributed by atoms with E-state index < -0.39 is 11.7 Å². The number of alkyl halides is 3. The number of ether oxygens (including phenoxy) is 1. The molecule has 0 atom stereocenters. The smallest absolute Gasteiger partial charge is 0.416 e. The maximum absolute atomic E-state index is 12.5. The molecule has 0 aliphatic rings. The number of aromatic nitrogens is 1. The molecule has 5 nitrogen and oxygen atoms in total. The minimum atomic E-state index is -4.34. The average Bonchev–Trinajstić information content (AvgIpc) is 2.99. The van der Waals surface area contributed by atoms with Crippen LogP contribution >= 0.6 is 24.0 Å². The quantitative estimate of drug-likeness (QED) is 0.287. The fourth-order valence-electron chi connectivity index (χ4n) is 2.44. The lowest BCUT2D eigenvalue weighted by molar-refractivity contribution is -0.137. The topological polar surface area (TPSA) is 41.8 Å². The standard InChI is InChI=1S/C18H23F3N4O.HI/c1-22-17(25(3)13-15-5-4-11-24(15)2)23-10-12-26-16-8-6-14(7-9-16)18(19,20)21;/h4-9,11H,10,12-13H2,1-3H3,(H,22,23);1H. The van der Waals surface area contributed by atoms with Crippen LogP contribution in [-0.2, 0) is 19.8 Å². The Morgan fingerprint density at radius 2 is 1.89 bits per heavy atom. The number of aliphatic imine (C=N–C) groups is 1. The molecule has 0 unspecified atom stereocenters. The Morgan fingerprint density at radius 1 is 1.22 bits per heavy atom. The average molecular weight is 496 g/mol. The summed E-state index contributed by atoms with van der Waals surface area (Å²) in [6.45, 7) is 1.48. The highest BCUT2D eigenvalue weighted by molar-refractivity contribution is 14.0. The summed E-state index contributed by atoms with van der Waals surface area (Å²) in [7, 11) is 5.61. The van der Waals surface area contributed by atoms with Crippen LogP contribution in [0.2, 0.25) is 0 Å². The minimum absolute atomic E-state index is 0. The van der Waals surface area contributed by atoms with E-state index in [0.29, 0.717) is 31.4 Å². The minimum Gasteiger partial charge on any atom is -0.492 e. The first kappa shape index (κ1) is 23.1. The highest BCUT2D eigenvalue weighted by Gasteiger charge is 2.29. The second-order valence-corrected chi connectivity index (χ2v) is 5.81. The number of hydrogen-bond acceptors (Lipinski definition) is 2. The second kappa shape index (κ2) is 10.4. The summed E-state index contributed by atoms with van der Waals surface area (Å²) in [6, 6.07) is 8.68. The molecule has 2 aromatic rings. The number of nitrogens with zero attached hydrogens (tertiary/aromatic N) is 3. The van der Waals surface area contributed by atoms with Crippen LogP contribution < -0.4 is 10.1 Å². The molecule has 0 radical (unpaired) electrons. The van der Waals surface area contributed by atoms with Crippen LogP contribution in [0.15, 0.2) is 47.6 Å². The summed E-state index contributed by atoms with van der Waals surface area (Å²) in [5.74, 6) is 1.11. The molecular formula is C18H24F3IN4O. The van der Waals surface area contributed by atoms with Gasteiger partial charge in [0.15, 0.2) is 5.96 Å². The summed E-state index contributed by atoms with van der Waals surface area (Å²) in [5, 5.41) is 3.17. The van der Waals surface area contributed by atoms with Crippen molar-refractivity contribution in [1.82, 2.24) is 14.8 Å². The van der Waals surface area contributed by atoms with E-state index in [1.54, 1.807) is 7.05 Å². The molecule has 0 amide bonds. The van der Waals surface area contributed by atoms with E-state index in [0.717, 1.165) is 17.8 Å². The Bertz CT molecular complexity index is 729. The number of aryl methyl sites for hydroxylation is 1.